The normalized spacial score (nSPS) is 27.1. The van der Waals surface area contributed by atoms with E-state index in [2.05, 4.69) is 19.1 Å². The highest BCUT2D eigenvalue weighted by atomic mass is 16.6. The topological polar surface area (TPSA) is 93.1 Å². The average Bonchev–Trinajstić information content (AvgIpc) is 3.28. The van der Waals surface area contributed by atoms with E-state index < -0.39 is 35.6 Å². The zero-order valence-electron chi connectivity index (χ0n) is 21.4. The molecule has 2 rings (SSSR count). The fourth-order valence-electron chi connectivity index (χ4n) is 5.05. The van der Waals surface area contributed by atoms with Crippen molar-refractivity contribution in [3.05, 3.63) is 12.2 Å². The molecule has 2 saturated heterocycles. The number of rotatable bonds is 16. The van der Waals surface area contributed by atoms with E-state index in [0.29, 0.717) is 12.8 Å². The number of hydrogen-bond acceptors (Lipinski definition) is 6. The van der Waals surface area contributed by atoms with Gasteiger partial charge in [0.15, 0.2) is 0 Å². The molecule has 0 bridgehead atoms. The third kappa shape index (κ3) is 8.10. The summed E-state index contributed by atoms with van der Waals surface area (Å²) in [5, 5.41) is 10.9. The van der Waals surface area contributed by atoms with Crippen molar-refractivity contribution in [3.63, 3.8) is 0 Å². The third-order valence-electron chi connectivity index (χ3n) is 7.27. The molecular weight excluding hydrogens is 434 g/mol. The van der Waals surface area contributed by atoms with Gasteiger partial charge in [-0.2, -0.15) is 0 Å². The molecule has 2 heterocycles. The van der Waals surface area contributed by atoms with Crippen molar-refractivity contribution in [2.45, 2.75) is 121 Å². The summed E-state index contributed by atoms with van der Waals surface area (Å²) < 4.78 is 10.4. The van der Waals surface area contributed by atoms with Crippen LogP contribution in [0.3, 0.4) is 0 Å². The molecule has 2 aliphatic heterocycles. The van der Waals surface area contributed by atoms with E-state index in [0.717, 1.165) is 19.3 Å². The van der Waals surface area contributed by atoms with Gasteiger partial charge in [-0.05, 0) is 45.4 Å². The lowest BCUT2D eigenvalue weighted by Gasteiger charge is -2.29. The molecule has 34 heavy (non-hydrogen) atoms. The number of unbranched alkanes of at least 4 members (excludes halogenated alkanes) is 9. The second-order valence-corrected chi connectivity index (χ2v) is 10.0. The van der Waals surface area contributed by atoms with E-state index in [1.165, 1.54) is 63.4 Å². The van der Waals surface area contributed by atoms with Crippen molar-refractivity contribution >= 4 is 17.8 Å². The van der Waals surface area contributed by atoms with Crippen LogP contribution in [0.1, 0.15) is 104 Å². The zero-order chi connectivity index (χ0) is 25.0. The van der Waals surface area contributed by atoms with Crippen LogP contribution in [0.25, 0.3) is 0 Å². The van der Waals surface area contributed by atoms with Gasteiger partial charge in [-0.3, -0.25) is 9.59 Å². The lowest BCUT2D eigenvalue weighted by molar-refractivity contribution is -0.153. The molecular formula is C27H45NO6. The van der Waals surface area contributed by atoms with Crippen LogP contribution in [0.5, 0.6) is 0 Å². The van der Waals surface area contributed by atoms with Crippen LogP contribution in [0, 0.1) is 5.92 Å². The molecule has 0 aliphatic carbocycles. The van der Waals surface area contributed by atoms with Crippen LogP contribution in [0.2, 0.25) is 0 Å². The average molecular weight is 480 g/mol. The fourth-order valence-corrected chi connectivity index (χ4v) is 5.05. The van der Waals surface area contributed by atoms with Crippen molar-refractivity contribution < 1.29 is 29.0 Å². The van der Waals surface area contributed by atoms with E-state index in [4.69, 9.17) is 9.47 Å². The Morgan fingerprint density at radius 3 is 2.35 bits per heavy atom. The molecule has 2 aliphatic rings. The number of hydrogen-bond donors (Lipinski definition) is 1. The Morgan fingerprint density at radius 1 is 1.09 bits per heavy atom. The first-order valence-corrected chi connectivity index (χ1v) is 13.3. The Labute approximate surface area is 205 Å². The third-order valence-corrected chi connectivity index (χ3v) is 7.27. The standard InChI is InChI=1S/C27H45NO6/c1-4-5-6-7-8-9-10-11-12-13-14-15-16-19-27(2)24(30)21(25(31)34-27)20-28-22(26(32)33-3)17-18-23(28)29/h13-14,21-22,24,30H,4-12,15-20H2,1-3H3/b14-13+/t21-,22?,24?,27-/m1/s1. The molecule has 0 aromatic heterocycles. The maximum atomic E-state index is 12.5. The largest absolute Gasteiger partial charge is 0.467 e. The Balaban J connectivity index is 1.68. The molecule has 7 nitrogen and oxygen atoms in total. The summed E-state index contributed by atoms with van der Waals surface area (Å²) in [6.07, 6.45) is 17.9. The van der Waals surface area contributed by atoms with Crippen molar-refractivity contribution in [1.82, 2.24) is 4.90 Å². The Kier molecular flexibility index (Phi) is 12.1. The molecule has 4 atom stereocenters. The number of allylic oxidation sites excluding steroid dienone is 2. The van der Waals surface area contributed by atoms with E-state index in [1.54, 1.807) is 6.92 Å². The first kappa shape index (κ1) is 28.3. The number of aliphatic hydroxyl groups is 1. The molecule has 1 N–H and O–H groups in total. The molecule has 0 saturated carbocycles. The number of carbonyl (C=O) groups is 3. The van der Waals surface area contributed by atoms with E-state index in [-0.39, 0.29) is 18.9 Å². The first-order valence-electron chi connectivity index (χ1n) is 13.3. The van der Waals surface area contributed by atoms with Crippen molar-refractivity contribution in [2.75, 3.05) is 13.7 Å². The Morgan fingerprint density at radius 2 is 1.71 bits per heavy atom. The predicted octanol–water partition coefficient (Wildman–Crippen LogP) is 4.70. The molecule has 0 radical (unpaired) electrons. The summed E-state index contributed by atoms with van der Waals surface area (Å²) in [7, 11) is 1.28. The highest BCUT2D eigenvalue weighted by molar-refractivity contribution is 5.88. The number of esters is 2. The van der Waals surface area contributed by atoms with Gasteiger partial charge < -0.3 is 19.5 Å². The summed E-state index contributed by atoms with van der Waals surface area (Å²) in [6, 6.07) is -0.699. The van der Waals surface area contributed by atoms with Gasteiger partial charge in [-0.15, -0.1) is 0 Å². The second-order valence-electron chi connectivity index (χ2n) is 10.0. The maximum Gasteiger partial charge on any atom is 0.328 e. The van der Waals surface area contributed by atoms with Gasteiger partial charge in [0.25, 0.3) is 0 Å². The molecule has 2 fully saturated rings. The summed E-state index contributed by atoms with van der Waals surface area (Å²) in [6.45, 7) is 3.98. The molecule has 194 valence electrons. The zero-order valence-corrected chi connectivity index (χ0v) is 21.4. The van der Waals surface area contributed by atoms with Crippen LogP contribution < -0.4 is 0 Å². The van der Waals surface area contributed by atoms with Gasteiger partial charge in [0.05, 0.1) is 7.11 Å². The van der Waals surface area contributed by atoms with Crippen molar-refractivity contribution in [2.24, 2.45) is 5.92 Å². The minimum absolute atomic E-state index is 0.0211. The number of methoxy groups -OCH3 is 1. The van der Waals surface area contributed by atoms with Crippen molar-refractivity contribution in [3.8, 4) is 0 Å². The number of likely N-dealkylation sites (tertiary alicyclic amines) is 1. The molecule has 0 aromatic rings. The van der Waals surface area contributed by atoms with Crippen LogP contribution in [0.4, 0.5) is 0 Å². The van der Waals surface area contributed by atoms with E-state index >= 15 is 0 Å². The van der Waals surface area contributed by atoms with Crippen LogP contribution >= 0.6 is 0 Å². The van der Waals surface area contributed by atoms with Gasteiger partial charge in [0.1, 0.15) is 23.7 Å². The van der Waals surface area contributed by atoms with Gasteiger partial charge in [0.2, 0.25) is 5.91 Å². The summed E-state index contributed by atoms with van der Waals surface area (Å²) >= 11 is 0. The van der Waals surface area contributed by atoms with E-state index in [9.17, 15) is 19.5 Å². The number of aliphatic hydroxyl groups excluding tert-OH is 1. The first-order chi connectivity index (χ1) is 16.3. The molecule has 0 spiro atoms. The highest BCUT2D eigenvalue weighted by Crippen LogP contribution is 2.37. The van der Waals surface area contributed by atoms with E-state index in [1.807, 2.05) is 0 Å². The highest BCUT2D eigenvalue weighted by Gasteiger charge is 2.53. The number of amides is 1. The van der Waals surface area contributed by atoms with Crippen LogP contribution in [-0.4, -0.2) is 59.3 Å². The summed E-state index contributed by atoms with van der Waals surface area (Å²) in [5.41, 5.74) is -0.975. The van der Waals surface area contributed by atoms with Crippen LogP contribution in [0.15, 0.2) is 12.2 Å². The van der Waals surface area contributed by atoms with Gasteiger partial charge >= 0.3 is 11.9 Å². The molecule has 2 unspecified atom stereocenters. The second kappa shape index (κ2) is 14.5. The summed E-state index contributed by atoms with van der Waals surface area (Å²) in [5.74, 6) is -2.06. The Bertz CT molecular complexity index is 693. The quantitative estimate of drug-likeness (QED) is 0.196. The van der Waals surface area contributed by atoms with Crippen LogP contribution in [-0.2, 0) is 23.9 Å². The maximum absolute atomic E-state index is 12.5. The molecule has 7 heteroatoms. The summed E-state index contributed by atoms with van der Waals surface area (Å²) in [4.78, 5) is 38.1. The van der Waals surface area contributed by atoms with Crippen molar-refractivity contribution in [1.29, 1.82) is 0 Å². The predicted molar refractivity (Wildman–Crippen MR) is 131 cm³/mol. The smallest absolute Gasteiger partial charge is 0.328 e. The monoisotopic (exact) mass is 479 g/mol. The fraction of sp³-hybridized carbons (Fsp3) is 0.815. The number of carbonyl (C=O) groups excluding carboxylic acids is 3. The minimum Gasteiger partial charge on any atom is -0.467 e. The Hall–Kier alpha value is -1.89. The SMILES string of the molecule is CCCCCCCCCC/C=C/CCC[C@@]1(C)OC(=O)[C@H](CN2C(=O)CCC2C(=O)OC)C1O. The van der Waals surface area contributed by atoms with Gasteiger partial charge in [0, 0.05) is 13.0 Å². The lowest BCUT2D eigenvalue weighted by Crippen LogP contribution is -2.47. The lowest BCUT2D eigenvalue weighted by atomic mass is 9.87. The molecule has 0 aromatic carbocycles. The number of ether oxygens (including phenoxy) is 2. The number of cyclic esters (lactones) is 1. The minimum atomic E-state index is -1.02. The van der Waals surface area contributed by atoms with Gasteiger partial charge in [-0.25, -0.2) is 4.79 Å². The van der Waals surface area contributed by atoms with Gasteiger partial charge in [-0.1, -0.05) is 64.0 Å². The number of nitrogens with zero attached hydrogens (tertiary/aromatic N) is 1. The molecule has 1 amide bonds.